The lowest BCUT2D eigenvalue weighted by atomic mass is 10.1. The monoisotopic (exact) mass is 304 g/mol. The molecule has 0 aliphatic carbocycles. The Hall–Kier alpha value is -1.30. The Morgan fingerprint density at radius 2 is 2.19 bits per heavy atom. The van der Waals surface area contributed by atoms with Crippen LogP contribution in [-0.4, -0.2) is 39.7 Å². The van der Waals surface area contributed by atoms with E-state index in [4.69, 9.17) is 9.84 Å². The van der Waals surface area contributed by atoms with Gasteiger partial charge in [-0.05, 0) is 18.4 Å². The van der Waals surface area contributed by atoms with E-state index in [9.17, 15) is 0 Å². The Kier molecular flexibility index (Phi) is 4.95. The Labute approximate surface area is 129 Å². The minimum atomic E-state index is 0.165. The average Bonchev–Trinajstić information content (AvgIpc) is 3.17. The number of nitrogens with zero attached hydrogens (tertiary/aromatic N) is 2. The van der Waals surface area contributed by atoms with Gasteiger partial charge < -0.3 is 14.4 Å². The van der Waals surface area contributed by atoms with Gasteiger partial charge in [0.15, 0.2) is 5.16 Å². The number of hydrogen-bond donors (Lipinski definition) is 1. The van der Waals surface area contributed by atoms with Gasteiger partial charge in [-0.1, -0.05) is 42.1 Å². The topological polar surface area (TPSA) is 47.3 Å². The van der Waals surface area contributed by atoms with E-state index in [2.05, 4.69) is 21.7 Å². The minimum absolute atomic E-state index is 0.165. The van der Waals surface area contributed by atoms with E-state index in [1.54, 1.807) is 11.8 Å². The van der Waals surface area contributed by atoms with Gasteiger partial charge in [0.25, 0.3) is 0 Å². The summed E-state index contributed by atoms with van der Waals surface area (Å²) < 4.78 is 8.00. The molecule has 3 rings (SSSR count). The van der Waals surface area contributed by atoms with Crippen LogP contribution in [0.25, 0.3) is 11.3 Å². The predicted molar refractivity (Wildman–Crippen MR) is 84.4 cm³/mol. The first-order valence-corrected chi connectivity index (χ1v) is 8.33. The van der Waals surface area contributed by atoms with Crippen molar-refractivity contribution in [3.8, 4) is 11.3 Å². The predicted octanol–water partition coefficient (Wildman–Crippen LogP) is 2.81. The van der Waals surface area contributed by atoms with Crippen LogP contribution >= 0.6 is 11.8 Å². The summed E-state index contributed by atoms with van der Waals surface area (Å²) in [6.07, 6.45) is 4.44. The standard InChI is InChI=1S/C16H20N2O2S/c19-8-10-21-16-17-11-15(13-5-2-1-3-6-13)18(16)12-14-7-4-9-20-14/h1-3,5-6,11,14,19H,4,7-10,12H2/t14-/m0/s1. The molecule has 1 saturated heterocycles. The summed E-state index contributed by atoms with van der Waals surface area (Å²) in [7, 11) is 0. The van der Waals surface area contributed by atoms with Crippen molar-refractivity contribution in [2.24, 2.45) is 0 Å². The second kappa shape index (κ2) is 7.11. The van der Waals surface area contributed by atoms with Gasteiger partial charge in [0.1, 0.15) is 0 Å². The highest BCUT2D eigenvalue weighted by atomic mass is 32.2. The number of hydrogen-bond acceptors (Lipinski definition) is 4. The third kappa shape index (κ3) is 3.48. The van der Waals surface area contributed by atoms with Crippen molar-refractivity contribution < 1.29 is 9.84 Å². The van der Waals surface area contributed by atoms with E-state index in [0.717, 1.165) is 36.8 Å². The molecule has 0 spiro atoms. The van der Waals surface area contributed by atoms with Crippen LogP contribution in [0.4, 0.5) is 0 Å². The van der Waals surface area contributed by atoms with Crippen LogP contribution in [0.5, 0.6) is 0 Å². The van der Waals surface area contributed by atoms with Gasteiger partial charge in [0.2, 0.25) is 0 Å². The van der Waals surface area contributed by atoms with Crippen LogP contribution in [0.2, 0.25) is 0 Å². The van der Waals surface area contributed by atoms with Gasteiger partial charge in [-0.15, -0.1) is 0 Å². The molecule has 2 aromatic rings. The molecule has 0 unspecified atom stereocenters. The largest absolute Gasteiger partial charge is 0.396 e. The lowest BCUT2D eigenvalue weighted by molar-refractivity contribution is 0.0954. The van der Waals surface area contributed by atoms with E-state index in [1.165, 1.54) is 5.56 Å². The summed E-state index contributed by atoms with van der Waals surface area (Å²) in [6, 6.07) is 10.3. The Bertz CT molecular complexity index is 565. The third-order valence-electron chi connectivity index (χ3n) is 3.62. The fourth-order valence-electron chi connectivity index (χ4n) is 2.62. The van der Waals surface area contributed by atoms with Crippen LogP contribution in [0, 0.1) is 0 Å². The number of aromatic nitrogens is 2. The zero-order valence-electron chi connectivity index (χ0n) is 11.9. The van der Waals surface area contributed by atoms with Crippen molar-refractivity contribution in [2.75, 3.05) is 19.0 Å². The Balaban J connectivity index is 1.89. The molecule has 0 saturated carbocycles. The Morgan fingerprint density at radius 1 is 1.33 bits per heavy atom. The summed E-state index contributed by atoms with van der Waals surface area (Å²) >= 11 is 1.59. The van der Waals surface area contributed by atoms with Gasteiger partial charge in [0, 0.05) is 12.4 Å². The third-order valence-corrected chi connectivity index (χ3v) is 4.59. The first-order valence-electron chi connectivity index (χ1n) is 7.34. The number of imidazole rings is 1. The second-order valence-corrected chi connectivity index (χ2v) is 6.17. The number of aliphatic hydroxyl groups excluding tert-OH is 1. The van der Waals surface area contributed by atoms with Crippen LogP contribution in [0.15, 0.2) is 41.7 Å². The number of ether oxygens (including phenoxy) is 1. The average molecular weight is 304 g/mol. The van der Waals surface area contributed by atoms with Crippen LogP contribution in [0.3, 0.4) is 0 Å². The summed E-state index contributed by atoms with van der Waals surface area (Å²) in [5.74, 6) is 0.663. The highest BCUT2D eigenvalue weighted by molar-refractivity contribution is 7.99. The highest BCUT2D eigenvalue weighted by Gasteiger charge is 2.20. The summed E-state index contributed by atoms with van der Waals surface area (Å²) in [5.41, 5.74) is 2.28. The zero-order valence-corrected chi connectivity index (χ0v) is 12.8. The number of thioether (sulfide) groups is 1. The second-order valence-electron chi connectivity index (χ2n) is 5.11. The van der Waals surface area contributed by atoms with Gasteiger partial charge in [-0.3, -0.25) is 0 Å². The molecule has 4 nitrogen and oxygen atoms in total. The van der Waals surface area contributed by atoms with E-state index < -0.39 is 0 Å². The molecule has 112 valence electrons. The summed E-state index contributed by atoms with van der Waals surface area (Å²) in [4.78, 5) is 4.53. The molecule has 0 amide bonds. The summed E-state index contributed by atoms with van der Waals surface area (Å²) in [6.45, 7) is 1.86. The fourth-order valence-corrected chi connectivity index (χ4v) is 3.35. The van der Waals surface area contributed by atoms with Crippen molar-refractivity contribution in [1.82, 2.24) is 9.55 Å². The molecule has 2 heterocycles. The first kappa shape index (κ1) is 14.6. The van der Waals surface area contributed by atoms with Crippen LogP contribution < -0.4 is 0 Å². The highest BCUT2D eigenvalue weighted by Crippen LogP contribution is 2.28. The van der Waals surface area contributed by atoms with E-state index in [1.807, 2.05) is 24.4 Å². The van der Waals surface area contributed by atoms with Crippen molar-refractivity contribution in [3.05, 3.63) is 36.5 Å². The molecular formula is C16H20N2O2S. The first-order chi connectivity index (χ1) is 10.4. The molecule has 1 atom stereocenters. The van der Waals surface area contributed by atoms with Crippen molar-refractivity contribution in [2.45, 2.75) is 30.6 Å². The Morgan fingerprint density at radius 3 is 2.90 bits per heavy atom. The molecule has 1 aliphatic heterocycles. The molecule has 1 aromatic heterocycles. The van der Waals surface area contributed by atoms with E-state index in [0.29, 0.717) is 5.75 Å². The molecule has 1 fully saturated rings. The fraction of sp³-hybridized carbons (Fsp3) is 0.438. The number of aliphatic hydroxyl groups is 1. The lowest BCUT2D eigenvalue weighted by Gasteiger charge is -2.16. The number of rotatable bonds is 6. The van der Waals surface area contributed by atoms with Gasteiger partial charge in [0.05, 0.1) is 31.1 Å². The molecule has 0 radical (unpaired) electrons. The maximum atomic E-state index is 9.04. The molecular weight excluding hydrogens is 284 g/mol. The molecule has 1 aromatic carbocycles. The normalized spacial score (nSPS) is 18.2. The van der Waals surface area contributed by atoms with Crippen molar-refractivity contribution in [1.29, 1.82) is 0 Å². The van der Waals surface area contributed by atoms with Crippen LogP contribution in [-0.2, 0) is 11.3 Å². The maximum Gasteiger partial charge on any atom is 0.168 e. The smallest absolute Gasteiger partial charge is 0.168 e. The molecule has 5 heteroatoms. The van der Waals surface area contributed by atoms with Crippen molar-refractivity contribution >= 4 is 11.8 Å². The van der Waals surface area contributed by atoms with Gasteiger partial charge >= 0.3 is 0 Å². The molecule has 0 bridgehead atoms. The molecule has 1 aliphatic rings. The number of benzene rings is 1. The maximum absolute atomic E-state index is 9.04. The SMILES string of the molecule is OCCSc1ncc(-c2ccccc2)n1C[C@@H]1CCCO1. The van der Waals surface area contributed by atoms with Gasteiger partial charge in [-0.2, -0.15) is 0 Å². The molecule has 1 N–H and O–H groups in total. The minimum Gasteiger partial charge on any atom is -0.396 e. The lowest BCUT2D eigenvalue weighted by Crippen LogP contribution is -2.16. The van der Waals surface area contributed by atoms with E-state index in [-0.39, 0.29) is 12.7 Å². The molecule has 21 heavy (non-hydrogen) atoms. The van der Waals surface area contributed by atoms with Gasteiger partial charge in [-0.25, -0.2) is 4.98 Å². The quantitative estimate of drug-likeness (QED) is 0.834. The zero-order chi connectivity index (χ0) is 14.5. The summed E-state index contributed by atoms with van der Waals surface area (Å²) in [5, 5.41) is 10.0. The van der Waals surface area contributed by atoms with E-state index >= 15 is 0 Å². The van der Waals surface area contributed by atoms with Crippen LogP contribution in [0.1, 0.15) is 12.8 Å². The van der Waals surface area contributed by atoms with Crippen molar-refractivity contribution in [3.63, 3.8) is 0 Å².